The summed E-state index contributed by atoms with van der Waals surface area (Å²) in [5.41, 5.74) is 2.20. The van der Waals surface area contributed by atoms with Crippen LogP contribution in [-0.2, 0) is 9.84 Å². The number of aryl methyl sites for hydroxylation is 1. The third-order valence-corrected chi connectivity index (χ3v) is 6.68. The Bertz CT molecular complexity index is 1450. The van der Waals surface area contributed by atoms with Gasteiger partial charge in [-0.05, 0) is 65.7 Å². The van der Waals surface area contributed by atoms with Crippen LogP contribution in [0.2, 0.25) is 0 Å². The van der Waals surface area contributed by atoms with Crippen molar-refractivity contribution in [2.24, 2.45) is 0 Å². The molecule has 0 heterocycles. The molecule has 0 fully saturated rings. The summed E-state index contributed by atoms with van der Waals surface area (Å²) in [4.78, 5) is 13.4. The number of benzene rings is 4. The first-order valence-corrected chi connectivity index (χ1v) is 13.2. The van der Waals surface area contributed by atoms with E-state index in [4.69, 9.17) is 9.47 Å². The lowest BCUT2D eigenvalue weighted by atomic mass is 10.0. The molecule has 1 amide bonds. The summed E-state index contributed by atoms with van der Waals surface area (Å²) >= 11 is 0. The topological polar surface area (TPSA) is 81.7 Å². The maximum Gasteiger partial charge on any atom is 0.259 e. The van der Waals surface area contributed by atoms with E-state index in [0.29, 0.717) is 36.7 Å². The van der Waals surface area contributed by atoms with E-state index in [1.165, 1.54) is 18.4 Å². The van der Waals surface area contributed by atoms with Gasteiger partial charge in [0.15, 0.2) is 9.84 Å². The highest BCUT2D eigenvalue weighted by molar-refractivity contribution is 7.90. The molecule has 1 N–H and O–H groups in total. The Labute approximate surface area is 205 Å². The van der Waals surface area contributed by atoms with Crippen molar-refractivity contribution in [3.05, 3.63) is 96.1 Å². The summed E-state index contributed by atoms with van der Waals surface area (Å²) in [7, 11) is -3.24. The molecular weight excluding hydrogens is 462 g/mol. The van der Waals surface area contributed by atoms with Crippen LogP contribution in [0, 0.1) is 6.92 Å². The fraction of sp³-hybridized carbons (Fsp3) is 0.179. The number of para-hydroxylation sites is 1. The van der Waals surface area contributed by atoms with E-state index in [1.54, 1.807) is 12.1 Å². The molecule has 6 nitrogen and oxygen atoms in total. The zero-order valence-corrected chi connectivity index (χ0v) is 20.5. The number of nitrogens with one attached hydrogen (secondary N) is 1. The Kier molecular flexibility index (Phi) is 7.36. The summed E-state index contributed by atoms with van der Waals surface area (Å²) in [5, 5.41) is 4.92. The first-order chi connectivity index (χ1) is 16.8. The van der Waals surface area contributed by atoms with Gasteiger partial charge >= 0.3 is 0 Å². The van der Waals surface area contributed by atoms with Crippen LogP contribution in [0.5, 0.6) is 11.5 Å². The van der Waals surface area contributed by atoms with E-state index >= 15 is 0 Å². The largest absolute Gasteiger partial charge is 0.493 e. The van der Waals surface area contributed by atoms with Crippen LogP contribution in [0.3, 0.4) is 0 Å². The van der Waals surface area contributed by atoms with Gasteiger partial charge in [-0.2, -0.15) is 0 Å². The molecule has 0 bridgehead atoms. The molecule has 35 heavy (non-hydrogen) atoms. The number of rotatable bonds is 9. The minimum Gasteiger partial charge on any atom is -0.493 e. The van der Waals surface area contributed by atoms with Crippen LogP contribution in [0.25, 0.3) is 10.8 Å². The molecule has 4 aromatic carbocycles. The van der Waals surface area contributed by atoms with Crippen LogP contribution in [0.15, 0.2) is 89.8 Å². The van der Waals surface area contributed by atoms with Crippen molar-refractivity contribution in [3.8, 4) is 11.5 Å². The number of ether oxygens (including phenoxy) is 2. The normalized spacial score (nSPS) is 11.3. The van der Waals surface area contributed by atoms with E-state index in [0.717, 1.165) is 22.0 Å². The third-order valence-electron chi connectivity index (χ3n) is 5.55. The van der Waals surface area contributed by atoms with Gasteiger partial charge < -0.3 is 14.8 Å². The highest BCUT2D eigenvalue weighted by Gasteiger charge is 2.15. The number of carbonyl (C=O) groups excluding carboxylic acids is 1. The quantitative estimate of drug-likeness (QED) is 0.307. The highest BCUT2D eigenvalue weighted by Crippen LogP contribution is 2.28. The average molecular weight is 490 g/mol. The fourth-order valence-electron chi connectivity index (χ4n) is 3.63. The van der Waals surface area contributed by atoms with E-state index in [2.05, 4.69) is 5.32 Å². The Morgan fingerprint density at radius 3 is 2.14 bits per heavy atom. The third kappa shape index (κ3) is 6.19. The van der Waals surface area contributed by atoms with E-state index < -0.39 is 9.84 Å². The standard InChI is InChI=1S/C28H27NO5S/c1-20-8-3-6-11-26(20)29-28(30)25-18-21-9-4-5-10-22(21)19-27(25)34-17-7-16-33-23-12-14-24(15-13-23)35(2,31)32/h3-6,8-15,18-19H,7,16-17H2,1-2H3,(H,29,30). The molecule has 0 saturated carbocycles. The van der Waals surface area contributed by atoms with Gasteiger partial charge in [0.1, 0.15) is 11.5 Å². The summed E-state index contributed by atoms with van der Waals surface area (Å²) in [5.74, 6) is 0.857. The Morgan fingerprint density at radius 1 is 0.829 bits per heavy atom. The summed E-state index contributed by atoms with van der Waals surface area (Å²) in [6.45, 7) is 2.68. The molecule has 4 rings (SSSR count). The number of hydrogen-bond donors (Lipinski definition) is 1. The number of sulfone groups is 1. The lowest BCUT2D eigenvalue weighted by molar-refractivity contribution is 0.102. The number of amides is 1. The van der Waals surface area contributed by atoms with Crippen molar-refractivity contribution in [3.63, 3.8) is 0 Å². The van der Waals surface area contributed by atoms with Gasteiger partial charge in [0.25, 0.3) is 5.91 Å². The first kappa shape index (κ1) is 24.3. The minimum atomic E-state index is -3.24. The van der Waals surface area contributed by atoms with E-state index in [9.17, 15) is 13.2 Å². The number of hydrogen-bond acceptors (Lipinski definition) is 5. The molecular formula is C28H27NO5S. The van der Waals surface area contributed by atoms with E-state index in [-0.39, 0.29) is 10.8 Å². The Hall–Kier alpha value is -3.84. The van der Waals surface area contributed by atoms with Gasteiger partial charge in [-0.1, -0.05) is 42.5 Å². The van der Waals surface area contributed by atoms with Gasteiger partial charge in [-0.25, -0.2) is 8.42 Å². The molecule has 0 atom stereocenters. The van der Waals surface area contributed by atoms with Crippen molar-refractivity contribution in [2.45, 2.75) is 18.2 Å². The molecule has 0 radical (unpaired) electrons. The predicted molar refractivity (Wildman–Crippen MR) is 138 cm³/mol. The van der Waals surface area contributed by atoms with Crippen molar-refractivity contribution < 1.29 is 22.7 Å². The lowest BCUT2D eigenvalue weighted by Crippen LogP contribution is -2.15. The average Bonchev–Trinajstić information content (AvgIpc) is 2.84. The number of fused-ring (bicyclic) bond motifs is 1. The molecule has 0 unspecified atom stereocenters. The fourth-order valence-corrected chi connectivity index (χ4v) is 4.26. The minimum absolute atomic E-state index is 0.234. The zero-order chi connectivity index (χ0) is 24.8. The van der Waals surface area contributed by atoms with Gasteiger partial charge in [0.05, 0.1) is 23.7 Å². The summed E-state index contributed by atoms with van der Waals surface area (Å²) in [6.07, 6.45) is 1.75. The first-order valence-electron chi connectivity index (χ1n) is 11.3. The molecule has 0 spiro atoms. The van der Waals surface area contributed by atoms with Crippen LogP contribution in [0.4, 0.5) is 5.69 Å². The summed E-state index contributed by atoms with van der Waals surface area (Å²) in [6, 6.07) is 25.5. The predicted octanol–water partition coefficient (Wildman–Crippen LogP) is 5.65. The van der Waals surface area contributed by atoms with Crippen molar-refractivity contribution in [1.82, 2.24) is 0 Å². The smallest absolute Gasteiger partial charge is 0.259 e. The summed E-state index contributed by atoms with van der Waals surface area (Å²) < 4.78 is 34.9. The molecule has 0 saturated heterocycles. The lowest BCUT2D eigenvalue weighted by Gasteiger charge is -2.14. The SMILES string of the molecule is Cc1ccccc1NC(=O)c1cc2ccccc2cc1OCCCOc1ccc(S(C)(=O)=O)cc1. The van der Waals surface area contributed by atoms with Crippen LogP contribution < -0.4 is 14.8 Å². The molecule has 4 aromatic rings. The Morgan fingerprint density at radius 2 is 1.46 bits per heavy atom. The molecule has 0 aliphatic rings. The van der Waals surface area contributed by atoms with Gasteiger partial charge in [0, 0.05) is 18.4 Å². The van der Waals surface area contributed by atoms with Crippen molar-refractivity contribution in [1.29, 1.82) is 0 Å². The molecule has 180 valence electrons. The van der Waals surface area contributed by atoms with Crippen molar-refractivity contribution in [2.75, 3.05) is 24.8 Å². The van der Waals surface area contributed by atoms with Gasteiger partial charge in [-0.3, -0.25) is 4.79 Å². The molecule has 0 aromatic heterocycles. The second-order valence-electron chi connectivity index (χ2n) is 8.26. The van der Waals surface area contributed by atoms with Crippen LogP contribution in [-0.4, -0.2) is 33.8 Å². The number of anilines is 1. The number of carbonyl (C=O) groups is 1. The van der Waals surface area contributed by atoms with Crippen LogP contribution in [0.1, 0.15) is 22.3 Å². The highest BCUT2D eigenvalue weighted by atomic mass is 32.2. The maximum atomic E-state index is 13.1. The molecule has 0 aliphatic heterocycles. The van der Waals surface area contributed by atoms with Crippen molar-refractivity contribution >= 4 is 32.2 Å². The maximum absolute atomic E-state index is 13.1. The van der Waals surface area contributed by atoms with Crippen LogP contribution >= 0.6 is 0 Å². The second kappa shape index (κ2) is 10.6. The monoisotopic (exact) mass is 489 g/mol. The Balaban J connectivity index is 1.42. The van der Waals surface area contributed by atoms with Gasteiger partial charge in [0.2, 0.25) is 0 Å². The van der Waals surface area contributed by atoms with E-state index in [1.807, 2.05) is 67.6 Å². The van der Waals surface area contributed by atoms with Gasteiger partial charge in [-0.15, -0.1) is 0 Å². The molecule has 7 heteroatoms. The molecule has 0 aliphatic carbocycles. The second-order valence-corrected chi connectivity index (χ2v) is 10.3. The zero-order valence-electron chi connectivity index (χ0n) is 19.7.